The standard InChI is InChI=1S/C16H22N2O/c1-14-12-18(11-7-3-6-10-17)16(13-19-14)15-8-4-2-5-9-15/h2,4-5,8-9,14,16H,3,6-7,11-13H2,1H3/t14-,16+/m0/s1. The molecular formula is C16H22N2O. The number of nitriles is 1. The molecule has 2 rings (SSSR count). The second kappa shape index (κ2) is 7.28. The number of benzene rings is 1. The first-order chi connectivity index (χ1) is 9.31. The van der Waals surface area contributed by atoms with Crippen LogP contribution < -0.4 is 0 Å². The van der Waals surface area contributed by atoms with Gasteiger partial charge in [-0.05, 0) is 31.9 Å². The van der Waals surface area contributed by atoms with Crippen molar-refractivity contribution in [2.45, 2.75) is 38.3 Å². The highest BCUT2D eigenvalue weighted by atomic mass is 16.5. The number of morpholine rings is 1. The van der Waals surface area contributed by atoms with Crippen LogP contribution in [-0.4, -0.2) is 30.7 Å². The van der Waals surface area contributed by atoms with Crippen LogP contribution in [0.25, 0.3) is 0 Å². The van der Waals surface area contributed by atoms with Gasteiger partial charge in [0.2, 0.25) is 0 Å². The van der Waals surface area contributed by atoms with E-state index in [4.69, 9.17) is 10.00 Å². The summed E-state index contributed by atoms with van der Waals surface area (Å²) in [7, 11) is 0. The lowest BCUT2D eigenvalue weighted by Gasteiger charge is -2.39. The Labute approximate surface area is 115 Å². The molecule has 102 valence electrons. The first-order valence-corrected chi connectivity index (χ1v) is 7.09. The van der Waals surface area contributed by atoms with E-state index in [-0.39, 0.29) is 0 Å². The molecule has 0 radical (unpaired) electrons. The third kappa shape index (κ3) is 4.05. The van der Waals surface area contributed by atoms with Gasteiger partial charge in [-0.2, -0.15) is 5.26 Å². The molecule has 1 aliphatic heterocycles. The molecule has 2 atom stereocenters. The Kier molecular flexibility index (Phi) is 5.38. The van der Waals surface area contributed by atoms with Crippen LogP contribution in [0.3, 0.4) is 0 Å². The number of nitrogens with zero attached hydrogens (tertiary/aromatic N) is 2. The lowest BCUT2D eigenvalue weighted by atomic mass is 10.0. The first kappa shape index (κ1) is 14.0. The maximum atomic E-state index is 8.59. The van der Waals surface area contributed by atoms with Gasteiger partial charge in [-0.3, -0.25) is 4.90 Å². The molecule has 1 aliphatic rings. The van der Waals surface area contributed by atoms with Gasteiger partial charge >= 0.3 is 0 Å². The average molecular weight is 258 g/mol. The molecular weight excluding hydrogens is 236 g/mol. The maximum absolute atomic E-state index is 8.59. The molecule has 1 aromatic carbocycles. The molecule has 3 nitrogen and oxygen atoms in total. The van der Waals surface area contributed by atoms with E-state index >= 15 is 0 Å². The summed E-state index contributed by atoms with van der Waals surface area (Å²) in [6.45, 7) is 4.92. The van der Waals surface area contributed by atoms with E-state index < -0.39 is 0 Å². The van der Waals surface area contributed by atoms with Crippen LogP contribution in [0.15, 0.2) is 30.3 Å². The zero-order valence-corrected chi connectivity index (χ0v) is 11.6. The van der Waals surface area contributed by atoms with Crippen molar-refractivity contribution in [1.29, 1.82) is 5.26 Å². The highest BCUT2D eigenvalue weighted by molar-refractivity contribution is 5.19. The van der Waals surface area contributed by atoms with E-state index in [1.165, 1.54) is 5.56 Å². The van der Waals surface area contributed by atoms with Crippen LogP contribution in [0.1, 0.15) is 37.8 Å². The summed E-state index contributed by atoms with van der Waals surface area (Å²) in [5.41, 5.74) is 1.33. The summed E-state index contributed by atoms with van der Waals surface area (Å²) in [5.74, 6) is 0. The fourth-order valence-electron chi connectivity index (χ4n) is 2.62. The molecule has 1 fully saturated rings. The van der Waals surface area contributed by atoms with Crippen LogP contribution in [0.2, 0.25) is 0 Å². The van der Waals surface area contributed by atoms with Gasteiger partial charge in [0.05, 0.1) is 24.8 Å². The Morgan fingerprint density at radius 1 is 1.32 bits per heavy atom. The third-order valence-corrected chi connectivity index (χ3v) is 3.64. The van der Waals surface area contributed by atoms with E-state index in [1.807, 2.05) is 6.07 Å². The average Bonchev–Trinajstić information content (AvgIpc) is 2.45. The van der Waals surface area contributed by atoms with Gasteiger partial charge < -0.3 is 4.74 Å². The number of rotatable bonds is 5. The van der Waals surface area contributed by atoms with Gasteiger partial charge in [-0.25, -0.2) is 0 Å². The van der Waals surface area contributed by atoms with Crippen molar-refractivity contribution in [2.75, 3.05) is 19.7 Å². The molecule has 0 bridgehead atoms. The summed E-state index contributed by atoms with van der Waals surface area (Å²) in [4.78, 5) is 2.50. The molecule has 3 heteroatoms. The van der Waals surface area contributed by atoms with E-state index in [1.54, 1.807) is 0 Å². The van der Waals surface area contributed by atoms with E-state index in [2.05, 4.69) is 42.2 Å². The molecule has 19 heavy (non-hydrogen) atoms. The Morgan fingerprint density at radius 2 is 2.11 bits per heavy atom. The summed E-state index contributed by atoms with van der Waals surface area (Å²) < 4.78 is 5.81. The third-order valence-electron chi connectivity index (χ3n) is 3.64. The Morgan fingerprint density at radius 3 is 2.84 bits per heavy atom. The van der Waals surface area contributed by atoms with Gasteiger partial charge in [0, 0.05) is 13.0 Å². The van der Waals surface area contributed by atoms with Crippen molar-refractivity contribution in [3.8, 4) is 6.07 Å². The molecule has 0 saturated carbocycles. The second-order valence-electron chi connectivity index (χ2n) is 5.18. The van der Waals surface area contributed by atoms with Crippen LogP contribution in [-0.2, 0) is 4.74 Å². The summed E-state index contributed by atoms with van der Waals surface area (Å²) in [6, 6.07) is 13.1. The van der Waals surface area contributed by atoms with Crippen molar-refractivity contribution in [3.05, 3.63) is 35.9 Å². The van der Waals surface area contributed by atoms with Crippen molar-refractivity contribution >= 4 is 0 Å². The van der Waals surface area contributed by atoms with Gasteiger partial charge in [0.1, 0.15) is 0 Å². The maximum Gasteiger partial charge on any atom is 0.0675 e. The van der Waals surface area contributed by atoms with Crippen molar-refractivity contribution in [1.82, 2.24) is 4.90 Å². The van der Waals surface area contributed by atoms with Gasteiger partial charge in [0.15, 0.2) is 0 Å². The predicted molar refractivity (Wildman–Crippen MR) is 75.6 cm³/mol. The minimum Gasteiger partial charge on any atom is -0.375 e. The smallest absolute Gasteiger partial charge is 0.0675 e. The molecule has 0 N–H and O–H groups in total. The first-order valence-electron chi connectivity index (χ1n) is 7.09. The second-order valence-corrected chi connectivity index (χ2v) is 5.18. The Bertz CT molecular complexity index is 413. The van der Waals surface area contributed by atoms with Gasteiger partial charge in [0.25, 0.3) is 0 Å². The number of unbranched alkanes of at least 4 members (excludes halogenated alkanes) is 2. The summed E-state index contributed by atoms with van der Waals surface area (Å²) in [6.07, 6.45) is 3.04. The molecule has 1 heterocycles. The van der Waals surface area contributed by atoms with Crippen molar-refractivity contribution in [2.24, 2.45) is 0 Å². The molecule has 1 aromatic rings. The highest BCUT2D eigenvalue weighted by Crippen LogP contribution is 2.26. The molecule has 1 saturated heterocycles. The molecule has 0 unspecified atom stereocenters. The molecule has 0 amide bonds. The van der Waals surface area contributed by atoms with E-state index in [9.17, 15) is 0 Å². The fourth-order valence-corrected chi connectivity index (χ4v) is 2.62. The zero-order chi connectivity index (χ0) is 13.5. The number of ether oxygens (including phenoxy) is 1. The van der Waals surface area contributed by atoms with Crippen LogP contribution >= 0.6 is 0 Å². The Hall–Kier alpha value is -1.37. The lowest BCUT2D eigenvalue weighted by Crippen LogP contribution is -2.43. The topological polar surface area (TPSA) is 36.3 Å². The minimum absolute atomic E-state index is 0.302. The number of hydrogen-bond donors (Lipinski definition) is 0. The van der Waals surface area contributed by atoms with Gasteiger partial charge in [-0.1, -0.05) is 30.3 Å². The van der Waals surface area contributed by atoms with E-state index in [0.29, 0.717) is 18.6 Å². The fraction of sp³-hybridized carbons (Fsp3) is 0.562. The molecule has 0 aromatic heterocycles. The van der Waals surface area contributed by atoms with Crippen molar-refractivity contribution < 1.29 is 4.74 Å². The van der Waals surface area contributed by atoms with E-state index in [0.717, 1.165) is 32.5 Å². The highest BCUT2D eigenvalue weighted by Gasteiger charge is 2.27. The summed E-state index contributed by atoms with van der Waals surface area (Å²) >= 11 is 0. The van der Waals surface area contributed by atoms with Crippen LogP contribution in [0.5, 0.6) is 0 Å². The minimum atomic E-state index is 0.302. The summed E-state index contributed by atoms with van der Waals surface area (Å²) in [5, 5.41) is 8.59. The monoisotopic (exact) mass is 258 g/mol. The SMILES string of the molecule is C[C@H]1CN(CCCCC#N)[C@@H](c2ccccc2)CO1. The van der Waals surface area contributed by atoms with Gasteiger partial charge in [-0.15, -0.1) is 0 Å². The normalized spacial score (nSPS) is 24.0. The molecule has 0 aliphatic carbocycles. The van der Waals surface area contributed by atoms with Crippen molar-refractivity contribution in [3.63, 3.8) is 0 Å². The zero-order valence-electron chi connectivity index (χ0n) is 11.6. The lowest BCUT2D eigenvalue weighted by molar-refractivity contribution is -0.0566. The number of hydrogen-bond acceptors (Lipinski definition) is 3. The predicted octanol–water partition coefficient (Wildman–Crippen LogP) is 3.14. The molecule has 0 spiro atoms. The van der Waals surface area contributed by atoms with Crippen LogP contribution in [0, 0.1) is 11.3 Å². The quantitative estimate of drug-likeness (QED) is 0.761. The Balaban J connectivity index is 1.97. The van der Waals surface area contributed by atoms with Crippen LogP contribution in [0.4, 0.5) is 0 Å². The largest absolute Gasteiger partial charge is 0.375 e.